The van der Waals surface area contributed by atoms with Crippen molar-refractivity contribution in [2.45, 2.75) is 19.9 Å². The number of aromatic nitrogens is 2. The van der Waals surface area contributed by atoms with Crippen molar-refractivity contribution in [3.8, 4) is 0 Å². The number of nitrogens with zero attached hydrogens (tertiary/aromatic N) is 4. The summed E-state index contributed by atoms with van der Waals surface area (Å²) >= 11 is 0. The fourth-order valence-corrected chi connectivity index (χ4v) is 2.23. The number of carboxylic acid groups (broad SMARTS) is 1. The highest BCUT2D eigenvalue weighted by Gasteiger charge is 2.21. The van der Waals surface area contributed by atoms with Crippen LogP contribution in [-0.4, -0.2) is 69.4 Å². The van der Waals surface area contributed by atoms with E-state index < -0.39 is 5.97 Å². The lowest BCUT2D eigenvalue weighted by atomic mass is 10.3. The maximum absolute atomic E-state index is 12.1. The molecule has 1 aromatic rings. The zero-order valence-corrected chi connectivity index (χ0v) is 12.2. The zero-order valence-electron chi connectivity index (χ0n) is 12.2. The number of piperazine rings is 1. The molecule has 0 bridgehead atoms. The van der Waals surface area contributed by atoms with Crippen LogP contribution in [0.3, 0.4) is 0 Å². The highest BCUT2D eigenvalue weighted by molar-refractivity contribution is 5.89. The summed E-state index contributed by atoms with van der Waals surface area (Å²) in [5, 5.41) is 15.6. The van der Waals surface area contributed by atoms with E-state index in [1.807, 2.05) is 6.92 Å². The number of nitrogens with one attached hydrogen (secondary N) is 1. The van der Waals surface area contributed by atoms with Crippen LogP contribution < -0.4 is 5.32 Å². The van der Waals surface area contributed by atoms with Crippen molar-refractivity contribution in [3.63, 3.8) is 0 Å². The molecule has 0 radical (unpaired) electrons. The van der Waals surface area contributed by atoms with Crippen LogP contribution in [0.1, 0.15) is 13.3 Å². The molecule has 2 heterocycles. The van der Waals surface area contributed by atoms with Gasteiger partial charge in [0.25, 0.3) is 0 Å². The summed E-state index contributed by atoms with van der Waals surface area (Å²) in [6, 6.07) is -0.136. The first-order valence-corrected chi connectivity index (χ1v) is 7.11. The van der Waals surface area contributed by atoms with Gasteiger partial charge in [0.1, 0.15) is 0 Å². The molecule has 0 saturated carbocycles. The Morgan fingerprint density at radius 3 is 2.62 bits per heavy atom. The Hall–Kier alpha value is -2.09. The number of urea groups is 1. The summed E-state index contributed by atoms with van der Waals surface area (Å²) in [6.07, 6.45) is 3.56. The number of rotatable bonds is 5. The number of anilines is 1. The molecule has 2 amide bonds. The quantitative estimate of drug-likeness (QED) is 0.827. The van der Waals surface area contributed by atoms with E-state index in [0.29, 0.717) is 38.4 Å². The van der Waals surface area contributed by atoms with Crippen molar-refractivity contribution in [2.75, 3.05) is 38.0 Å². The highest BCUT2D eigenvalue weighted by Crippen LogP contribution is 2.08. The number of aryl methyl sites for hydroxylation is 1. The molecule has 2 rings (SSSR count). The van der Waals surface area contributed by atoms with E-state index in [1.54, 1.807) is 22.0 Å². The van der Waals surface area contributed by atoms with E-state index in [1.165, 1.54) is 0 Å². The minimum Gasteiger partial charge on any atom is -0.481 e. The SMILES string of the molecule is CCn1cc(NC(=O)N2CCN(CCC(=O)O)CC2)cn1. The lowest BCUT2D eigenvalue weighted by molar-refractivity contribution is -0.137. The van der Waals surface area contributed by atoms with E-state index >= 15 is 0 Å². The highest BCUT2D eigenvalue weighted by atomic mass is 16.4. The van der Waals surface area contributed by atoms with Crippen LogP contribution in [0, 0.1) is 0 Å². The van der Waals surface area contributed by atoms with Gasteiger partial charge in [0, 0.05) is 45.5 Å². The predicted octanol–water partition coefficient (Wildman–Crippen LogP) is 0.527. The minimum absolute atomic E-state index is 0.136. The summed E-state index contributed by atoms with van der Waals surface area (Å²) in [6.45, 7) is 5.89. The number of aliphatic carboxylic acids is 1. The maximum atomic E-state index is 12.1. The summed E-state index contributed by atoms with van der Waals surface area (Å²) in [7, 11) is 0. The molecule has 1 fully saturated rings. The standard InChI is InChI=1S/C13H21N5O3/c1-2-18-10-11(9-14-18)15-13(21)17-7-5-16(6-8-17)4-3-12(19)20/h9-10H,2-8H2,1H3,(H,15,21)(H,19,20). The number of carboxylic acids is 1. The van der Waals surface area contributed by atoms with Crippen molar-refractivity contribution in [1.29, 1.82) is 0 Å². The largest absolute Gasteiger partial charge is 0.481 e. The molecule has 1 saturated heterocycles. The topological polar surface area (TPSA) is 90.7 Å². The van der Waals surface area contributed by atoms with Gasteiger partial charge in [0.2, 0.25) is 0 Å². The molecule has 8 heteroatoms. The van der Waals surface area contributed by atoms with Crippen molar-refractivity contribution in [2.24, 2.45) is 0 Å². The Labute approximate surface area is 123 Å². The van der Waals surface area contributed by atoms with Gasteiger partial charge in [-0.3, -0.25) is 14.4 Å². The minimum atomic E-state index is -0.789. The summed E-state index contributed by atoms with van der Waals surface area (Å²) in [5.41, 5.74) is 0.690. The zero-order chi connectivity index (χ0) is 15.2. The predicted molar refractivity (Wildman–Crippen MR) is 77.2 cm³/mol. The molecule has 0 unspecified atom stereocenters. The summed E-state index contributed by atoms with van der Waals surface area (Å²) in [5.74, 6) is -0.789. The number of hydrogen-bond donors (Lipinski definition) is 2. The second kappa shape index (κ2) is 7.07. The van der Waals surface area contributed by atoms with Crippen LogP contribution in [0.15, 0.2) is 12.4 Å². The Balaban J connectivity index is 1.76. The molecule has 0 atom stereocenters. The number of carbonyl (C=O) groups excluding carboxylic acids is 1. The second-order valence-corrected chi connectivity index (χ2v) is 4.99. The molecule has 21 heavy (non-hydrogen) atoms. The van der Waals surface area contributed by atoms with Gasteiger partial charge in [0.05, 0.1) is 18.3 Å². The van der Waals surface area contributed by atoms with E-state index in [0.717, 1.165) is 6.54 Å². The van der Waals surface area contributed by atoms with Gasteiger partial charge in [-0.1, -0.05) is 0 Å². The van der Waals surface area contributed by atoms with Gasteiger partial charge in [-0.2, -0.15) is 5.10 Å². The van der Waals surface area contributed by atoms with E-state index in [-0.39, 0.29) is 12.5 Å². The number of amides is 2. The van der Waals surface area contributed by atoms with E-state index in [9.17, 15) is 9.59 Å². The van der Waals surface area contributed by atoms with Crippen LogP contribution >= 0.6 is 0 Å². The van der Waals surface area contributed by atoms with Gasteiger partial charge in [-0.15, -0.1) is 0 Å². The normalized spacial score (nSPS) is 16.0. The maximum Gasteiger partial charge on any atom is 0.322 e. The Bertz CT molecular complexity index is 494. The first-order valence-electron chi connectivity index (χ1n) is 7.11. The Kier molecular flexibility index (Phi) is 5.15. The molecule has 1 aliphatic rings. The van der Waals surface area contributed by atoms with Crippen LogP contribution in [0.2, 0.25) is 0 Å². The van der Waals surface area contributed by atoms with Gasteiger partial charge >= 0.3 is 12.0 Å². The van der Waals surface area contributed by atoms with Crippen molar-refractivity contribution < 1.29 is 14.7 Å². The van der Waals surface area contributed by atoms with Gasteiger partial charge in [-0.25, -0.2) is 4.79 Å². The molecular formula is C13H21N5O3. The molecule has 1 aliphatic heterocycles. The van der Waals surface area contributed by atoms with Gasteiger partial charge < -0.3 is 15.3 Å². The first-order chi connectivity index (χ1) is 10.1. The molecule has 0 aliphatic carbocycles. The Morgan fingerprint density at radius 1 is 1.33 bits per heavy atom. The van der Waals surface area contributed by atoms with E-state index in [2.05, 4.69) is 15.3 Å². The molecular weight excluding hydrogens is 274 g/mol. The van der Waals surface area contributed by atoms with Crippen LogP contribution in [-0.2, 0) is 11.3 Å². The number of hydrogen-bond acceptors (Lipinski definition) is 4. The molecule has 0 aromatic carbocycles. The lowest BCUT2D eigenvalue weighted by Crippen LogP contribution is -2.50. The average molecular weight is 295 g/mol. The summed E-state index contributed by atoms with van der Waals surface area (Å²) in [4.78, 5) is 26.4. The summed E-state index contributed by atoms with van der Waals surface area (Å²) < 4.78 is 1.75. The van der Waals surface area contributed by atoms with Crippen molar-refractivity contribution >= 4 is 17.7 Å². The van der Waals surface area contributed by atoms with E-state index in [4.69, 9.17) is 5.11 Å². The van der Waals surface area contributed by atoms with Crippen LogP contribution in [0.25, 0.3) is 0 Å². The molecule has 0 spiro atoms. The third-order valence-corrected chi connectivity index (χ3v) is 3.51. The molecule has 116 valence electrons. The second-order valence-electron chi connectivity index (χ2n) is 4.99. The average Bonchev–Trinajstić information content (AvgIpc) is 2.93. The van der Waals surface area contributed by atoms with Gasteiger partial charge in [-0.05, 0) is 6.92 Å². The first kappa shape index (κ1) is 15.3. The third-order valence-electron chi connectivity index (χ3n) is 3.51. The van der Waals surface area contributed by atoms with Crippen molar-refractivity contribution in [3.05, 3.63) is 12.4 Å². The molecule has 8 nitrogen and oxygen atoms in total. The fraction of sp³-hybridized carbons (Fsp3) is 0.615. The van der Waals surface area contributed by atoms with Crippen LogP contribution in [0.4, 0.5) is 10.5 Å². The molecule has 2 N–H and O–H groups in total. The smallest absolute Gasteiger partial charge is 0.322 e. The molecule has 1 aromatic heterocycles. The lowest BCUT2D eigenvalue weighted by Gasteiger charge is -2.34. The fourth-order valence-electron chi connectivity index (χ4n) is 2.23. The van der Waals surface area contributed by atoms with Crippen molar-refractivity contribution in [1.82, 2.24) is 19.6 Å². The third kappa shape index (κ3) is 4.45. The van der Waals surface area contributed by atoms with Gasteiger partial charge in [0.15, 0.2) is 0 Å². The number of carbonyl (C=O) groups is 2. The van der Waals surface area contributed by atoms with Crippen LogP contribution in [0.5, 0.6) is 0 Å². The monoisotopic (exact) mass is 295 g/mol. The Morgan fingerprint density at radius 2 is 2.05 bits per heavy atom.